The van der Waals surface area contributed by atoms with Crippen LogP contribution in [0.2, 0.25) is 0 Å². The van der Waals surface area contributed by atoms with Gasteiger partial charge in [-0.2, -0.15) is 0 Å². The van der Waals surface area contributed by atoms with Gasteiger partial charge in [0.15, 0.2) is 0 Å². The quantitative estimate of drug-likeness (QED) is 0.493. The summed E-state index contributed by atoms with van der Waals surface area (Å²) in [5.74, 6) is 0. The molecule has 10 heavy (non-hydrogen) atoms. The standard InChI is InChI=1S/C7H14N2O/c1-7(2)5-9(3,4)6(10)8-7/h5H2,1-4H3/p+1. The highest BCUT2D eigenvalue weighted by atomic mass is 16.2. The highest BCUT2D eigenvalue weighted by molar-refractivity contribution is 5.69. The van der Waals surface area contributed by atoms with Crippen LogP contribution in [0, 0.1) is 0 Å². The summed E-state index contributed by atoms with van der Waals surface area (Å²) in [7, 11) is 3.84. The van der Waals surface area contributed by atoms with E-state index in [2.05, 4.69) is 5.32 Å². The zero-order chi connectivity index (χ0) is 7.99. The van der Waals surface area contributed by atoms with Crippen LogP contribution in [0.1, 0.15) is 13.8 Å². The maximum atomic E-state index is 11.2. The van der Waals surface area contributed by atoms with Gasteiger partial charge >= 0.3 is 6.03 Å². The summed E-state index contributed by atoms with van der Waals surface area (Å²) >= 11 is 0. The minimum atomic E-state index is -0.0272. The molecule has 0 radical (unpaired) electrons. The van der Waals surface area contributed by atoms with Crippen LogP contribution >= 0.6 is 0 Å². The SMILES string of the molecule is CC1(C)C[N+](C)(C)C(=O)N1. The average Bonchev–Trinajstić information content (AvgIpc) is 1.73. The number of carbonyl (C=O) groups is 1. The first kappa shape index (κ1) is 7.54. The Morgan fingerprint density at radius 1 is 1.50 bits per heavy atom. The number of urea groups is 1. The summed E-state index contributed by atoms with van der Waals surface area (Å²) in [4.78, 5) is 11.2. The van der Waals surface area contributed by atoms with Crippen molar-refractivity contribution in [2.24, 2.45) is 0 Å². The summed E-state index contributed by atoms with van der Waals surface area (Å²) in [6, 6.07) is 0.116. The third kappa shape index (κ3) is 1.14. The van der Waals surface area contributed by atoms with Gasteiger partial charge in [-0.25, -0.2) is 9.28 Å². The van der Waals surface area contributed by atoms with Crippen molar-refractivity contribution in [3.63, 3.8) is 0 Å². The fraction of sp³-hybridized carbons (Fsp3) is 0.857. The molecule has 0 aromatic carbocycles. The van der Waals surface area contributed by atoms with Crippen LogP contribution in [0.25, 0.3) is 0 Å². The highest BCUT2D eigenvalue weighted by Crippen LogP contribution is 2.17. The number of nitrogens with one attached hydrogen (secondary N) is 1. The van der Waals surface area contributed by atoms with Crippen LogP contribution in [-0.4, -0.2) is 36.7 Å². The first-order valence-electron chi connectivity index (χ1n) is 3.49. The van der Waals surface area contributed by atoms with Crippen molar-refractivity contribution in [1.29, 1.82) is 0 Å². The number of quaternary nitrogens is 1. The lowest BCUT2D eigenvalue weighted by molar-refractivity contribution is -0.801. The van der Waals surface area contributed by atoms with E-state index in [0.29, 0.717) is 4.48 Å². The van der Waals surface area contributed by atoms with Crippen LogP contribution in [0.15, 0.2) is 0 Å². The lowest BCUT2D eigenvalue weighted by atomic mass is 10.1. The van der Waals surface area contributed by atoms with Crippen molar-refractivity contribution < 1.29 is 9.28 Å². The Kier molecular flexibility index (Phi) is 1.30. The van der Waals surface area contributed by atoms with Gasteiger partial charge in [0.25, 0.3) is 0 Å². The minimum Gasteiger partial charge on any atom is -0.295 e. The van der Waals surface area contributed by atoms with Crippen molar-refractivity contribution >= 4 is 6.03 Å². The zero-order valence-corrected chi connectivity index (χ0v) is 7.06. The number of likely N-dealkylation sites (N-methyl/N-ethyl adjacent to an activating group) is 1. The molecule has 0 aliphatic carbocycles. The molecule has 0 atom stereocenters. The molecule has 0 bridgehead atoms. The van der Waals surface area contributed by atoms with E-state index in [0.717, 1.165) is 6.54 Å². The molecule has 58 valence electrons. The van der Waals surface area contributed by atoms with Crippen molar-refractivity contribution in [1.82, 2.24) is 5.32 Å². The Morgan fingerprint density at radius 3 is 2.10 bits per heavy atom. The third-order valence-electron chi connectivity index (χ3n) is 1.79. The third-order valence-corrected chi connectivity index (χ3v) is 1.79. The summed E-state index contributed by atoms with van der Waals surface area (Å²) in [5.41, 5.74) is -0.0272. The molecule has 0 aromatic heterocycles. The second-order valence-corrected chi connectivity index (χ2v) is 4.16. The molecule has 1 fully saturated rings. The summed E-state index contributed by atoms with van der Waals surface area (Å²) in [6.07, 6.45) is 0. The molecule has 2 amide bonds. The van der Waals surface area contributed by atoms with Crippen LogP contribution in [0.3, 0.4) is 0 Å². The average molecular weight is 143 g/mol. The van der Waals surface area contributed by atoms with Gasteiger partial charge in [-0.15, -0.1) is 0 Å². The number of nitrogens with zero attached hydrogens (tertiary/aromatic N) is 1. The van der Waals surface area contributed by atoms with Crippen molar-refractivity contribution in [3.05, 3.63) is 0 Å². The summed E-state index contributed by atoms with van der Waals surface area (Å²) in [5, 5.41) is 2.92. The van der Waals surface area contributed by atoms with E-state index < -0.39 is 0 Å². The predicted octanol–water partition coefficient (Wildman–Crippen LogP) is 0.565. The molecule has 3 nitrogen and oxygen atoms in total. The predicted molar refractivity (Wildman–Crippen MR) is 39.6 cm³/mol. The Hall–Kier alpha value is -0.570. The molecule has 1 heterocycles. The van der Waals surface area contributed by atoms with Crippen molar-refractivity contribution in [3.8, 4) is 0 Å². The second kappa shape index (κ2) is 1.72. The smallest absolute Gasteiger partial charge is 0.295 e. The maximum absolute atomic E-state index is 11.2. The van der Waals surface area contributed by atoms with Crippen LogP contribution in [-0.2, 0) is 0 Å². The molecule has 1 aliphatic heterocycles. The van der Waals surface area contributed by atoms with E-state index in [-0.39, 0.29) is 11.6 Å². The highest BCUT2D eigenvalue weighted by Gasteiger charge is 2.44. The molecule has 3 heteroatoms. The normalized spacial score (nSPS) is 28.2. The maximum Gasteiger partial charge on any atom is 0.416 e. The Balaban J connectivity index is 2.81. The van der Waals surface area contributed by atoms with E-state index >= 15 is 0 Å². The molecule has 0 aromatic rings. The van der Waals surface area contributed by atoms with Crippen molar-refractivity contribution in [2.45, 2.75) is 19.4 Å². The monoisotopic (exact) mass is 143 g/mol. The first-order valence-corrected chi connectivity index (χ1v) is 3.49. The van der Waals surface area contributed by atoms with E-state index in [1.807, 2.05) is 27.9 Å². The fourth-order valence-corrected chi connectivity index (χ4v) is 1.54. The largest absolute Gasteiger partial charge is 0.416 e. The number of hydrogen-bond donors (Lipinski definition) is 1. The van der Waals surface area contributed by atoms with Gasteiger partial charge in [-0.3, -0.25) is 5.32 Å². The lowest BCUT2D eigenvalue weighted by Crippen LogP contribution is -2.42. The number of carbonyl (C=O) groups excluding carboxylic acids is 1. The van der Waals surface area contributed by atoms with Crippen LogP contribution < -0.4 is 5.32 Å². The van der Waals surface area contributed by atoms with Gasteiger partial charge in [0.05, 0.1) is 19.6 Å². The molecular formula is C7H15N2O+. The Morgan fingerprint density at radius 2 is 2.00 bits per heavy atom. The number of hydrogen-bond acceptors (Lipinski definition) is 1. The summed E-state index contributed by atoms with van der Waals surface area (Å²) < 4.78 is 0.451. The molecular weight excluding hydrogens is 128 g/mol. The topological polar surface area (TPSA) is 29.1 Å². The minimum absolute atomic E-state index is 0.0272. The fourth-order valence-electron chi connectivity index (χ4n) is 1.54. The van der Waals surface area contributed by atoms with Crippen molar-refractivity contribution in [2.75, 3.05) is 20.6 Å². The molecule has 1 saturated heterocycles. The van der Waals surface area contributed by atoms with Gasteiger partial charge in [0.1, 0.15) is 6.54 Å². The zero-order valence-electron chi connectivity index (χ0n) is 7.06. The number of rotatable bonds is 0. The van der Waals surface area contributed by atoms with Gasteiger partial charge < -0.3 is 0 Å². The molecule has 1 aliphatic rings. The van der Waals surface area contributed by atoms with E-state index in [9.17, 15) is 4.79 Å². The molecule has 1 rings (SSSR count). The lowest BCUT2D eigenvalue weighted by Gasteiger charge is -2.19. The molecule has 0 unspecified atom stereocenters. The Labute approximate surface area is 61.6 Å². The molecule has 1 N–H and O–H groups in total. The van der Waals surface area contributed by atoms with E-state index in [4.69, 9.17) is 0 Å². The van der Waals surface area contributed by atoms with Crippen LogP contribution in [0.4, 0.5) is 4.79 Å². The second-order valence-electron chi connectivity index (χ2n) is 4.16. The number of amides is 2. The van der Waals surface area contributed by atoms with Gasteiger partial charge in [0.2, 0.25) is 0 Å². The van der Waals surface area contributed by atoms with Crippen LogP contribution in [0.5, 0.6) is 0 Å². The van der Waals surface area contributed by atoms with Gasteiger partial charge in [0, 0.05) is 0 Å². The van der Waals surface area contributed by atoms with Gasteiger partial charge in [-0.1, -0.05) is 0 Å². The van der Waals surface area contributed by atoms with E-state index in [1.165, 1.54) is 0 Å². The Bertz CT molecular complexity index is 172. The van der Waals surface area contributed by atoms with E-state index in [1.54, 1.807) is 0 Å². The molecule has 0 spiro atoms. The van der Waals surface area contributed by atoms with Gasteiger partial charge in [-0.05, 0) is 13.8 Å². The molecule has 0 saturated carbocycles. The first-order chi connectivity index (χ1) is 4.33. The summed E-state index contributed by atoms with van der Waals surface area (Å²) in [6.45, 7) is 4.95.